The minimum absolute atomic E-state index is 0.123. The number of nitrogens with zero attached hydrogens (tertiary/aromatic N) is 4. The number of hydrogen-bond donors (Lipinski definition) is 1. The SMILES string of the molecule is Cc1cc(C(=O)N2CCCC2C(=O)Nc2nc3ccccc3s2)c(C)n1-c1ccccn1. The summed E-state index contributed by atoms with van der Waals surface area (Å²) in [5, 5.41) is 3.49. The number of thiazole rings is 1. The van der Waals surface area contributed by atoms with Crippen molar-refractivity contribution in [1.82, 2.24) is 19.4 Å². The second-order valence-electron chi connectivity index (χ2n) is 7.94. The lowest BCUT2D eigenvalue weighted by atomic mass is 10.1. The quantitative estimate of drug-likeness (QED) is 0.507. The smallest absolute Gasteiger partial charge is 0.256 e. The fraction of sp³-hybridized carbons (Fsp3) is 0.250. The fourth-order valence-corrected chi connectivity index (χ4v) is 5.24. The van der Waals surface area contributed by atoms with E-state index in [4.69, 9.17) is 0 Å². The van der Waals surface area contributed by atoms with Crippen LogP contribution in [-0.2, 0) is 4.79 Å². The largest absolute Gasteiger partial charge is 0.327 e. The first-order valence-corrected chi connectivity index (χ1v) is 11.4. The summed E-state index contributed by atoms with van der Waals surface area (Å²) in [5.74, 6) is 0.462. The second kappa shape index (κ2) is 8.20. The van der Waals surface area contributed by atoms with Crippen LogP contribution in [0.4, 0.5) is 5.13 Å². The van der Waals surface area contributed by atoms with Gasteiger partial charge in [-0.1, -0.05) is 29.5 Å². The number of para-hydroxylation sites is 1. The Morgan fingerprint density at radius 2 is 1.94 bits per heavy atom. The Balaban J connectivity index is 1.38. The van der Waals surface area contributed by atoms with Crippen LogP contribution in [0, 0.1) is 13.8 Å². The van der Waals surface area contributed by atoms with E-state index in [0.717, 1.165) is 33.8 Å². The Hall–Kier alpha value is -3.52. The average molecular weight is 446 g/mol. The third-order valence-corrected chi connectivity index (χ3v) is 6.83. The second-order valence-corrected chi connectivity index (χ2v) is 8.97. The van der Waals surface area contributed by atoms with E-state index in [1.807, 2.05) is 66.9 Å². The fourth-order valence-electron chi connectivity index (χ4n) is 4.37. The lowest BCUT2D eigenvalue weighted by Gasteiger charge is -2.23. The van der Waals surface area contributed by atoms with Gasteiger partial charge in [0.15, 0.2) is 5.13 Å². The summed E-state index contributed by atoms with van der Waals surface area (Å²) in [6, 6.07) is 14.8. The number of pyridine rings is 1. The van der Waals surface area contributed by atoms with Crippen LogP contribution in [0.3, 0.4) is 0 Å². The van der Waals surface area contributed by atoms with E-state index in [0.29, 0.717) is 23.7 Å². The summed E-state index contributed by atoms with van der Waals surface area (Å²) < 4.78 is 2.99. The third kappa shape index (κ3) is 3.56. The van der Waals surface area contributed by atoms with Gasteiger partial charge in [-0.25, -0.2) is 9.97 Å². The van der Waals surface area contributed by atoms with Gasteiger partial charge < -0.3 is 14.8 Å². The average Bonchev–Trinajstić information content (AvgIpc) is 3.50. The highest BCUT2D eigenvalue weighted by Gasteiger charge is 2.36. The van der Waals surface area contributed by atoms with Gasteiger partial charge in [-0.2, -0.15) is 0 Å². The van der Waals surface area contributed by atoms with Crippen LogP contribution in [0.1, 0.15) is 34.6 Å². The zero-order valence-electron chi connectivity index (χ0n) is 17.9. The molecule has 0 saturated carbocycles. The molecule has 162 valence electrons. The van der Waals surface area contributed by atoms with Crippen LogP contribution in [0.5, 0.6) is 0 Å². The molecule has 5 rings (SSSR count). The minimum Gasteiger partial charge on any atom is -0.327 e. The van der Waals surface area contributed by atoms with E-state index >= 15 is 0 Å². The van der Waals surface area contributed by atoms with Gasteiger partial charge >= 0.3 is 0 Å². The molecule has 0 bridgehead atoms. The summed E-state index contributed by atoms with van der Waals surface area (Å²) in [6.07, 6.45) is 3.17. The molecule has 4 aromatic rings. The first kappa shape index (κ1) is 20.4. The number of rotatable bonds is 4. The van der Waals surface area contributed by atoms with Crippen molar-refractivity contribution in [1.29, 1.82) is 0 Å². The maximum Gasteiger partial charge on any atom is 0.256 e. The van der Waals surface area contributed by atoms with Gasteiger partial charge in [-0.05, 0) is 57.0 Å². The molecule has 1 N–H and O–H groups in total. The van der Waals surface area contributed by atoms with Crippen LogP contribution in [0.2, 0.25) is 0 Å². The molecule has 1 atom stereocenters. The van der Waals surface area contributed by atoms with Crippen LogP contribution in [-0.4, -0.2) is 43.8 Å². The highest BCUT2D eigenvalue weighted by atomic mass is 32.1. The number of likely N-dealkylation sites (tertiary alicyclic amines) is 1. The van der Waals surface area contributed by atoms with Crippen molar-refractivity contribution >= 4 is 38.5 Å². The summed E-state index contributed by atoms with van der Waals surface area (Å²) in [6.45, 7) is 4.44. The standard InChI is InChI=1S/C24H23N5O2S/c1-15-14-17(16(2)29(15)21-11-5-6-12-25-21)23(31)28-13-7-9-19(28)22(30)27-24-26-18-8-3-4-10-20(18)32-24/h3-6,8,10-12,14,19H,7,9,13H2,1-2H3,(H,26,27,30). The van der Waals surface area contributed by atoms with Gasteiger partial charge in [-0.15, -0.1) is 0 Å². The molecule has 0 aliphatic carbocycles. The van der Waals surface area contributed by atoms with Gasteiger partial charge in [0.25, 0.3) is 5.91 Å². The highest BCUT2D eigenvalue weighted by Crippen LogP contribution is 2.28. The topological polar surface area (TPSA) is 80.1 Å². The Morgan fingerprint density at radius 1 is 1.12 bits per heavy atom. The molecule has 1 aromatic carbocycles. The van der Waals surface area contributed by atoms with Crippen molar-refractivity contribution < 1.29 is 9.59 Å². The Morgan fingerprint density at radius 3 is 2.72 bits per heavy atom. The van der Waals surface area contributed by atoms with Crippen LogP contribution in [0.15, 0.2) is 54.7 Å². The number of aromatic nitrogens is 3. The predicted octanol–water partition coefficient (Wildman–Crippen LogP) is 4.34. The Bertz CT molecular complexity index is 1280. The Labute approximate surface area is 189 Å². The van der Waals surface area contributed by atoms with Crippen LogP contribution < -0.4 is 5.32 Å². The normalized spacial score (nSPS) is 15.9. The molecule has 1 unspecified atom stereocenters. The number of fused-ring (bicyclic) bond motifs is 1. The van der Waals surface area contributed by atoms with Gasteiger partial charge in [-0.3, -0.25) is 9.59 Å². The van der Waals surface area contributed by atoms with E-state index < -0.39 is 6.04 Å². The van der Waals surface area contributed by atoms with Crippen molar-refractivity contribution in [2.24, 2.45) is 0 Å². The summed E-state index contributed by atoms with van der Waals surface area (Å²) in [7, 11) is 0. The lowest BCUT2D eigenvalue weighted by molar-refractivity contribution is -0.119. The molecule has 1 fully saturated rings. The predicted molar refractivity (Wildman–Crippen MR) is 125 cm³/mol. The van der Waals surface area contributed by atoms with E-state index in [9.17, 15) is 9.59 Å². The van der Waals surface area contributed by atoms with Crippen molar-refractivity contribution in [2.75, 3.05) is 11.9 Å². The summed E-state index contributed by atoms with van der Waals surface area (Å²) in [5.41, 5.74) is 3.21. The van der Waals surface area contributed by atoms with Gasteiger partial charge in [0.05, 0.1) is 15.8 Å². The number of aryl methyl sites for hydroxylation is 1. The number of hydrogen-bond acceptors (Lipinski definition) is 5. The maximum absolute atomic E-state index is 13.5. The van der Waals surface area contributed by atoms with Gasteiger partial charge in [0.1, 0.15) is 11.9 Å². The molecule has 3 aromatic heterocycles. The monoisotopic (exact) mass is 445 g/mol. The number of carbonyl (C=O) groups excluding carboxylic acids is 2. The highest BCUT2D eigenvalue weighted by molar-refractivity contribution is 7.22. The first-order chi connectivity index (χ1) is 15.5. The molecule has 7 nitrogen and oxygen atoms in total. The van der Waals surface area contributed by atoms with Gasteiger partial charge in [0.2, 0.25) is 5.91 Å². The van der Waals surface area contributed by atoms with Crippen molar-refractivity contribution in [3.05, 3.63) is 71.7 Å². The molecule has 1 saturated heterocycles. The van der Waals surface area contributed by atoms with E-state index in [2.05, 4.69) is 15.3 Å². The number of nitrogens with one attached hydrogen (secondary N) is 1. The minimum atomic E-state index is -0.507. The number of amides is 2. The van der Waals surface area contributed by atoms with E-state index in [-0.39, 0.29) is 11.8 Å². The first-order valence-electron chi connectivity index (χ1n) is 10.6. The molecule has 2 amide bonds. The summed E-state index contributed by atoms with van der Waals surface area (Å²) in [4.78, 5) is 37.1. The molecule has 4 heterocycles. The zero-order valence-corrected chi connectivity index (χ0v) is 18.7. The van der Waals surface area contributed by atoms with Gasteiger partial charge in [0, 0.05) is 24.1 Å². The molecule has 0 radical (unpaired) electrons. The van der Waals surface area contributed by atoms with Crippen molar-refractivity contribution in [3.63, 3.8) is 0 Å². The van der Waals surface area contributed by atoms with Crippen molar-refractivity contribution in [3.8, 4) is 5.82 Å². The molecule has 8 heteroatoms. The molecule has 32 heavy (non-hydrogen) atoms. The third-order valence-electron chi connectivity index (χ3n) is 5.88. The molecule has 0 spiro atoms. The van der Waals surface area contributed by atoms with E-state index in [1.54, 1.807) is 11.1 Å². The lowest BCUT2D eigenvalue weighted by Crippen LogP contribution is -2.43. The maximum atomic E-state index is 13.5. The zero-order chi connectivity index (χ0) is 22.2. The number of anilines is 1. The van der Waals surface area contributed by atoms with E-state index in [1.165, 1.54) is 11.3 Å². The molecular formula is C24H23N5O2S. The molecule has 1 aliphatic rings. The molecular weight excluding hydrogens is 422 g/mol. The number of carbonyl (C=O) groups is 2. The molecule has 1 aliphatic heterocycles. The number of benzene rings is 1. The Kier molecular flexibility index (Phi) is 5.22. The van der Waals surface area contributed by atoms with Crippen LogP contribution in [0.25, 0.3) is 16.0 Å². The summed E-state index contributed by atoms with van der Waals surface area (Å²) >= 11 is 1.44. The van der Waals surface area contributed by atoms with Crippen LogP contribution >= 0.6 is 11.3 Å². The van der Waals surface area contributed by atoms with Crippen molar-refractivity contribution in [2.45, 2.75) is 32.7 Å².